The molecule has 0 bridgehead atoms. The van der Waals surface area contributed by atoms with E-state index in [9.17, 15) is 15.0 Å². The van der Waals surface area contributed by atoms with E-state index < -0.39 is 24.5 Å². The number of carbonyl (C=O) groups is 1. The lowest BCUT2D eigenvalue weighted by Gasteiger charge is -2.23. The fourth-order valence-corrected chi connectivity index (χ4v) is 4.70. The van der Waals surface area contributed by atoms with Gasteiger partial charge in [0.05, 0.1) is 12.4 Å². The summed E-state index contributed by atoms with van der Waals surface area (Å²) in [6.45, 7) is 3.92. The Kier molecular flexibility index (Phi) is 8.81. The molecule has 11 nitrogen and oxygen atoms in total. The van der Waals surface area contributed by atoms with Crippen LogP contribution in [0.15, 0.2) is 43.0 Å². The van der Waals surface area contributed by atoms with E-state index in [1.807, 2.05) is 25.1 Å². The van der Waals surface area contributed by atoms with E-state index in [1.54, 1.807) is 4.57 Å². The zero-order chi connectivity index (χ0) is 25.5. The Morgan fingerprint density at radius 3 is 2.78 bits per heavy atom. The number of imidazole rings is 1. The van der Waals surface area contributed by atoms with Crippen molar-refractivity contribution in [2.45, 2.75) is 63.7 Å². The maximum atomic E-state index is 11.9. The predicted molar refractivity (Wildman–Crippen MR) is 134 cm³/mol. The van der Waals surface area contributed by atoms with Gasteiger partial charge in [-0.15, -0.1) is 0 Å². The normalized spacial score (nSPS) is 22.6. The molecule has 36 heavy (non-hydrogen) atoms. The van der Waals surface area contributed by atoms with Crippen molar-refractivity contribution in [1.29, 1.82) is 0 Å². The molecule has 1 saturated heterocycles. The summed E-state index contributed by atoms with van der Waals surface area (Å²) < 4.78 is 7.74. The highest BCUT2D eigenvalue weighted by atomic mass is 16.6. The van der Waals surface area contributed by atoms with Crippen molar-refractivity contribution in [3.05, 3.63) is 48.5 Å². The monoisotopic (exact) mass is 497 g/mol. The Balaban J connectivity index is 1.41. The first kappa shape index (κ1) is 26.0. The molecule has 0 radical (unpaired) electrons. The van der Waals surface area contributed by atoms with Gasteiger partial charge in [-0.1, -0.05) is 30.3 Å². The zero-order valence-electron chi connectivity index (χ0n) is 20.5. The Bertz CT molecular complexity index is 1130. The van der Waals surface area contributed by atoms with Gasteiger partial charge in [-0.25, -0.2) is 15.0 Å². The molecule has 5 atom stereocenters. The number of nitrogens with one attached hydrogen (secondary N) is 2. The molecule has 4 rings (SSSR count). The van der Waals surface area contributed by atoms with Crippen LogP contribution in [0.5, 0.6) is 0 Å². The van der Waals surface area contributed by atoms with E-state index in [0.29, 0.717) is 37.1 Å². The summed E-state index contributed by atoms with van der Waals surface area (Å²) >= 11 is 0. The van der Waals surface area contributed by atoms with Crippen molar-refractivity contribution in [3.8, 4) is 0 Å². The zero-order valence-corrected chi connectivity index (χ0v) is 20.5. The summed E-state index contributed by atoms with van der Waals surface area (Å²) in [5.74, 6) is 0.403. The first-order valence-electron chi connectivity index (χ1n) is 12.4. The van der Waals surface area contributed by atoms with Gasteiger partial charge in [0.25, 0.3) is 0 Å². The summed E-state index contributed by atoms with van der Waals surface area (Å²) in [5.41, 5.74) is 7.91. The van der Waals surface area contributed by atoms with Crippen LogP contribution in [0.25, 0.3) is 11.2 Å². The van der Waals surface area contributed by atoms with Crippen molar-refractivity contribution < 1.29 is 19.7 Å². The fourth-order valence-electron chi connectivity index (χ4n) is 4.70. The smallest absolute Gasteiger partial charge is 0.219 e. The molecular weight excluding hydrogens is 462 g/mol. The minimum Gasteiger partial charge on any atom is -0.388 e. The van der Waals surface area contributed by atoms with Crippen LogP contribution in [0.4, 0.5) is 5.82 Å². The van der Waals surface area contributed by atoms with Crippen molar-refractivity contribution in [2.24, 2.45) is 5.92 Å². The summed E-state index contributed by atoms with van der Waals surface area (Å²) in [6, 6.07) is 10.1. The van der Waals surface area contributed by atoms with Crippen LogP contribution in [0, 0.1) is 5.92 Å². The third-order valence-corrected chi connectivity index (χ3v) is 6.56. The van der Waals surface area contributed by atoms with Crippen LogP contribution in [-0.4, -0.2) is 67.0 Å². The molecule has 6 N–H and O–H groups in total. The second-order valence-electron chi connectivity index (χ2n) is 9.19. The first-order chi connectivity index (χ1) is 17.5. The first-order valence-corrected chi connectivity index (χ1v) is 12.4. The molecule has 3 aromatic rings. The van der Waals surface area contributed by atoms with Gasteiger partial charge in [0.15, 0.2) is 17.7 Å². The molecule has 0 aliphatic carbocycles. The molecule has 1 amide bonds. The number of rotatable bonds is 12. The number of fused-ring (bicyclic) bond motifs is 1. The van der Waals surface area contributed by atoms with Crippen molar-refractivity contribution in [3.63, 3.8) is 0 Å². The highest BCUT2D eigenvalue weighted by Crippen LogP contribution is 2.35. The average Bonchev–Trinajstić information content (AvgIpc) is 3.42. The highest BCUT2D eigenvalue weighted by molar-refractivity contribution is 5.81. The summed E-state index contributed by atoms with van der Waals surface area (Å²) in [5, 5.41) is 28.0. The minimum absolute atomic E-state index is 0.0365. The van der Waals surface area contributed by atoms with E-state index in [0.717, 1.165) is 19.4 Å². The molecular formula is C25H35N7O4. The third-order valence-electron chi connectivity index (χ3n) is 6.56. The number of amides is 1. The standard InChI is InChI=1S/C25H35N7O4/c1-2-28-19(33)10-6-9-17(13-27-12-16-7-4-3-5-8-16)11-18-21(34)22(35)25(36-18)32-15-31-20-23(26)29-14-30-24(20)32/h3-5,7-8,14-15,17-18,21-22,25,27,34-35H,2,6,9-13H2,1H3,(H,28,33)(H2,26,29,30)/t17-,18+,21?,22?,25+/m0/s1. The number of carbonyl (C=O) groups excluding carboxylic acids is 1. The summed E-state index contributed by atoms with van der Waals surface area (Å²) in [4.78, 5) is 24.3. The molecule has 0 saturated carbocycles. The number of hydrogen-bond acceptors (Lipinski definition) is 9. The SMILES string of the molecule is CCNC(=O)CCC[C@H](CNCc1ccccc1)C[C@H]1O[C@@H](n2cnc3c(N)ncnc32)C(O)C1O. The molecule has 0 spiro atoms. The molecule has 11 heteroatoms. The van der Waals surface area contributed by atoms with Crippen molar-refractivity contribution in [1.82, 2.24) is 30.2 Å². The molecule has 2 unspecified atom stereocenters. The van der Waals surface area contributed by atoms with Gasteiger partial charge in [-0.2, -0.15) is 0 Å². The maximum absolute atomic E-state index is 11.9. The molecule has 194 valence electrons. The second-order valence-corrected chi connectivity index (χ2v) is 9.19. The number of ether oxygens (including phenoxy) is 1. The Hall–Kier alpha value is -3.12. The van der Waals surface area contributed by atoms with E-state index in [4.69, 9.17) is 10.5 Å². The molecule has 3 heterocycles. The topological polar surface area (TPSA) is 160 Å². The molecule has 2 aromatic heterocycles. The van der Waals surface area contributed by atoms with E-state index in [2.05, 4.69) is 37.7 Å². The lowest BCUT2D eigenvalue weighted by Crippen LogP contribution is -2.34. The minimum atomic E-state index is -1.16. The number of benzene rings is 1. The van der Waals surface area contributed by atoms with Gasteiger partial charge in [0, 0.05) is 19.5 Å². The summed E-state index contributed by atoms with van der Waals surface area (Å²) in [6.07, 6.45) is 1.62. The van der Waals surface area contributed by atoms with Gasteiger partial charge in [0.1, 0.15) is 24.1 Å². The fraction of sp³-hybridized carbons (Fsp3) is 0.520. The van der Waals surface area contributed by atoms with Gasteiger partial charge in [0.2, 0.25) is 5.91 Å². The molecule has 1 aromatic carbocycles. The van der Waals surface area contributed by atoms with Crippen molar-refractivity contribution >= 4 is 22.9 Å². The van der Waals surface area contributed by atoms with Crippen LogP contribution < -0.4 is 16.4 Å². The van der Waals surface area contributed by atoms with E-state index in [1.165, 1.54) is 18.2 Å². The Morgan fingerprint density at radius 1 is 1.19 bits per heavy atom. The Labute approximate surface area is 210 Å². The number of anilines is 1. The average molecular weight is 498 g/mol. The van der Waals surface area contributed by atoms with Gasteiger partial charge in [-0.05, 0) is 44.2 Å². The lowest BCUT2D eigenvalue weighted by atomic mass is 9.92. The van der Waals surface area contributed by atoms with Crippen molar-refractivity contribution in [2.75, 3.05) is 18.8 Å². The number of aliphatic hydroxyl groups is 2. The summed E-state index contributed by atoms with van der Waals surface area (Å²) in [7, 11) is 0. The second kappa shape index (κ2) is 12.2. The molecule has 1 fully saturated rings. The largest absolute Gasteiger partial charge is 0.388 e. The van der Waals surface area contributed by atoms with E-state index in [-0.39, 0.29) is 17.6 Å². The molecule has 1 aliphatic heterocycles. The number of hydrogen-bond donors (Lipinski definition) is 5. The highest BCUT2D eigenvalue weighted by Gasteiger charge is 2.44. The Morgan fingerprint density at radius 2 is 2.00 bits per heavy atom. The van der Waals surface area contributed by atoms with Crippen LogP contribution in [0.3, 0.4) is 0 Å². The van der Waals surface area contributed by atoms with Crippen LogP contribution in [-0.2, 0) is 16.1 Å². The maximum Gasteiger partial charge on any atom is 0.219 e. The predicted octanol–water partition coefficient (Wildman–Crippen LogP) is 1.13. The quantitative estimate of drug-likeness (QED) is 0.247. The number of nitrogens with zero attached hydrogens (tertiary/aromatic N) is 4. The van der Waals surface area contributed by atoms with Crippen LogP contribution in [0.1, 0.15) is 44.4 Å². The van der Waals surface area contributed by atoms with Gasteiger partial charge >= 0.3 is 0 Å². The lowest BCUT2D eigenvalue weighted by molar-refractivity contribution is -0.121. The number of nitrogen functional groups attached to an aromatic ring is 1. The van der Waals surface area contributed by atoms with Gasteiger partial charge in [-0.3, -0.25) is 9.36 Å². The molecule has 1 aliphatic rings. The van der Waals surface area contributed by atoms with E-state index >= 15 is 0 Å². The van der Waals surface area contributed by atoms with Crippen LogP contribution in [0.2, 0.25) is 0 Å². The number of aromatic nitrogens is 4. The van der Waals surface area contributed by atoms with Crippen LogP contribution >= 0.6 is 0 Å². The number of nitrogens with two attached hydrogens (primary N) is 1. The number of aliphatic hydroxyl groups excluding tert-OH is 2. The van der Waals surface area contributed by atoms with Gasteiger partial charge < -0.3 is 31.3 Å². The third kappa shape index (κ3) is 6.16.